The molecule has 2 heterocycles. The first kappa shape index (κ1) is 15.1. The number of pyridine rings is 1. The predicted octanol–water partition coefficient (Wildman–Crippen LogP) is 4.71. The Balaban J connectivity index is 1.85. The molecule has 1 N–H and O–H groups in total. The monoisotopic (exact) mass is 334 g/mol. The molecule has 4 aromatic rings. The minimum atomic E-state index is -0.921. The van der Waals surface area contributed by atoms with Crippen molar-refractivity contribution in [2.24, 2.45) is 0 Å². The summed E-state index contributed by atoms with van der Waals surface area (Å²) in [5.74, 6) is -0.808. The van der Waals surface area contributed by atoms with Crippen LogP contribution < -0.4 is 5.32 Å². The van der Waals surface area contributed by atoms with Crippen molar-refractivity contribution in [2.75, 3.05) is 5.32 Å². The van der Waals surface area contributed by atoms with Gasteiger partial charge in [-0.1, -0.05) is 12.1 Å². The van der Waals surface area contributed by atoms with Crippen molar-refractivity contribution >= 4 is 22.4 Å². The third-order valence-corrected chi connectivity index (χ3v) is 3.71. The lowest BCUT2D eigenvalue weighted by atomic mass is 10.2. The van der Waals surface area contributed by atoms with Gasteiger partial charge >= 0.3 is 0 Å². The molecular formula is C19H12F2N4. The van der Waals surface area contributed by atoms with Crippen LogP contribution in [0.1, 0.15) is 0 Å². The first-order chi connectivity index (χ1) is 12.2. The topological polar surface area (TPSA) is 50.7 Å². The van der Waals surface area contributed by atoms with Crippen LogP contribution in [0.3, 0.4) is 0 Å². The zero-order valence-corrected chi connectivity index (χ0v) is 12.9. The van der Waals surface area contributed by atoms with E-state index in [9.17, 15) is 8.78 Å². The molecule has 0 saturated heterocycles. The molecule has 6 heteroatoms. The fourth-order valence-corrected chi connectivity index (χ4v) is 2.51. The first-order valence-corrected chi connectivity index (χ1v) is 7.60. The number of halogens is 2. The summed E-state index contributed by atoms with van der Waals surface area (Å²) in [5.41, 5.74) is 1.91. The number of rotatable bonds is 3. The summed E-state index contributed by atoms with van der Waals surface area (Å²) in [7, 11) is 0. The molecule has 0 aliphatic heterocycles. The second-order valence-corrected chi connectivity index (χ2v) is 5.41. The molecule has 0 saturated carbocycles. The van der Waals surface area contributed by atoms with Crippen LogP contribution in [0.5, 0.6) is 0 Å². The summed E-state index contributed by atoms with van der Waals surface area (Å²) in [4.78, 5) is 13.2. The van der Waals surface area contributed by atoms with E-state index in [4.69, 9.17) is 0 Å². The largest absolute Gasteiger partial charge is 0.340 e. The Bertz CT molecular complexity index is 1050. The smallest absolute Gasteiger partial charge is 0.163 e. The van der Waals surface area contributed by atoms with Gasteiger partial charge in [-0.3, -0.25) is 4.98 Å². The van der Waals surface area contributed by atoms with Gasteiger partial charge < -0.3 is 5.32 Å². The van der Waals surface area contributed by atoms with Crippen LogP contribution in [0.15, 0.2) is 67.0 Å². The van der Waals surface area contributed by atoms with Crippen LogP contribution in [-0.2, 0) is 0 Å². The molecule has 0 fully saturated rings. The molecule has 0 aliphatic rings. The van der Waals surface area contributed by atoms with E-state index >= 15 is 0 Å². The number of benzene rings is 2. The molecule has 2 aromatic heterocycles. The lowest BCUT2D eigenvalue weighted by Crippen LogP contribution is -2.00. The molecular weight excluding hydrogens is 322 g/mol. The van der Waals surface area contributed by atoms with Gasteiger partial charge in [-0.05, 0) is 36.4 Å². The van der Waals surface area contributed by atoms with Crippen LogP contribution >= 0.6 is 0 Å². The van der Waals surface area contributed by atoms with E-state index in [0.717, 1.165) is 28.6 Å². The number of hydrogen-bond acceptors (Lipinski definition) is 4. The lowest BCUT2D eigenvalue weighted by Gasteiger charge is -2.11. The van der Waals surface area contributed by atoms with Gasteiger partial charge in [-0.2, -0.15) is 0 Å². The van der Waals surface area contributed by atoms with E-state index < -0.39 is 11.6 Å². The summed E-state index contributed by atoms with van der Waals surface area (Å²) in [6, 6.07) is 14.8. The predicted molar refractivity (Wildman–Crippen MR) is 92.4 cm³/mol. The Morgan fingerprint density at radius 3 is 2.52 bits per heavy atom. The maximum Gasteiger partial charge on any atom is 0.163 e. The minimum Gasteiger partial charge on any atom is -0.340 e. The van der Waals surface area contributed by atoms with Gasteiger partial charge in [-0.15, -0.1) is 0 Å². The normalized spacial score (nSPS) is 10.8. The standard InChI is InChI=1S/C19H12F2N4/c20-15-8-7-13(10-16(15)21)23-19-14-5-1-2-6-17(14)24-18(25-19)12-4-3-9-22-11-12/h1-11H,(H,23,24,25). The third-order valence-electron chi connectivity index (χ3n) is 3.71. The Morgan fingerprint density at radius 2 is 1.72 bits per heavy atom. The second kappa shape index (κ2) is 6.24. The Hall–Kier alpha value is -3.41. The molecule has 0 spiro atoms. The summed E-state index contributed by atoms with van der Waals surface area (Å²) in [6.45, 7) is 0. The minimum absolute atomic E-state index is 0.403. The molecule has 0 radical (unpaired) electrons. The Kier molecular flexibility index (Phi) is 3.78. The SMILES string of the molecule is Fc1ccc(Nc2nc(-c3cccnc3)nc3ccccc23)cc1F. The van der Waals surface area contributed by atoms with Crippen molar-refractivity contribution in [1.82, 2.24) is 15.0 Å². The molecule has 0 aliphatic carbocycles. The van der Waals surface area contributed by atoms with Crippen LogP contribution in [0, 0.1) is 11.6 Å². The number of aromatic nitrogens is 3. The maximum atomic E-state index is 13.5. The fourth-order valence-electron chi connectivity index (χ4n) is 2.51. The molecule has 4 nitrogen and oxygen atoms in total. The van der Waals surface area contributed by atoms with E-state index in [1.807, 2.05) is 30.3 Å². The van der Waals surface area contributed by atoms with Crippen LogP contribution in [0.4, 0.5) is 20.3 Å². The van der Waals surface area contributed by atoms with E-state index in [0.29, 0.717) is 17.3 Å². The molecule has 2 aromatic carbocycles. The molecule has 0 unspecified atom stereocenters. The summed E-state index contributed by atoms with van der Waals surface area (Å²) < 4.78 is 26.6. The highest BCUT2D eigenvalue weighted by Crippen LogP contribution is 2.27. The van der Waals surface area contributed by atoms with Gasteiger partial charge in [0.2, 0.25) is 0 Å². The molecule has 4 rings (SSSR count). The van der Waals surface area contributed by atoms with Crippen molar-refractivity contribution < 1.29 is 8.78 Å². The summed E-state index contributed by atoms with van der Waals surface area (Å²) in [5, 5.41) is 3.82. The first-order valence-electron chi connectivity index (χ1n) is 7.60. The van der Waals surface area contributed by atoms with Gasteiger partial charge in [0, 0.05) is 35.1 Å². The zero-order valence-electron chi connectivity index (χ0n) is 12.9. The quantitative estimate of drug-likeness (QED) is 0.589. The van der Waals surface area contributed by atoms with Crippen LogP contribution in [-0.4, -0.2) is 15.0 Å². The third kappa shape index (κ3) is 3.01. The molecule has 25 heavy (non-hydrogen) atoms. The zero-order chi connectivity index (χ0) is 17.2. The van der Waals surface area contributed by atoms with Crippen molar-refractivity contribution in [2.45, 2.75) is 0 Å². The number of nitrogens with one attached hydrogen (secondary N) is 1. The molecule has 0 atom stereocenters. The van der Waals surface area contributed by atoms with Crippen molar-refractivity contribution in [3.63, 3.8) is 0 Å². The van der Waals surface area contributed by atoms with E-state index in [1.165, 1.54) is 6.07 Å². The van der Waals surface area contributed by atoms with E-state index in [-0.39, 0.29) is 0 Å². The number of fused-ring (bicyclic) bond motifs is 1. The van der Waals surface area contributed by atoms with E-state index in [1.54, 1.807) is 18.5 Å². The van der Waals surface area contributed by atoms with Gasteiger partial charge in [-0.25, -0.2) is 18.7 Å². The Morgan fingerprint density at radius 1 is 0.840 bits per heavy atom. The number of nitrogens with zero attached hydrogens (tertiary/aromatic N) is 3. The highest BCUT2D eigenvalue weighted by Gasteiger charge is 2.11. The second-order valence-electron chi connectivity index (χ2n) is 5.41. The Labute approximate surface area is 142 Å². The molecule has 122 valence electrons. The van der Waals surface area contributed by atoms with Crippen LogP contribution in [0.2, 0.25) is 0 Å². The van der Waals surface area contributed by atoms with Crippen molar-refractivity contribution in [3.8, 4) is 11.4 Å². The summed E-state index contributed by atoms with van der Waals surface area (Å²) in [6.07, 6.45) is 3.34. The van der Waals surface area contributed by atoms with E-state index in [2.05, 4.69) is 20.3 Å². The van der Waals surface area contributed by atoms with Gasteiger partial charge in [0.1, 0.15) is 5.82 Å². The number of hydrogen-bond donors (Lipinski definition) is 1. The van der Waals surface area contributed by atoms with Gasteiger partial charge in [0.05, 0.1) is 5.52 Å². The average Bonchev–Trinajstić information content (AvgIpc) is 2.65. The highest BCUT2D eigenvalue weighted by atomic mass is 19.2. The van der Waals surface area contributed by atoms with Crippen molar-refractivity contribution in [1.29, 1.82) is 0 Å². The van der Waals surface area contributed by atoms with Crippen LogP contribution in [0.25, 0.3) is 22.3 Å². The molecule has 0 amide bonds. The molecule has 0 bridgehead atoms. The summed E-state index contributed by atoms with van der Waals surface area (Å²) >= 11 is 0. The van der Waals surface area contributed by atoms with Gasteiger partial charge in [0.25, 0.3) is 0 Å². The van der Waals surface area contributed by atoms with Gasteiger partial charge in [0.15, 0.2) is 17.5 Å². The maximum absolute atomic E-state index is 13.5. The highest BCUT2D eigenvalue weighted by molar-refractivity contribution is 5.92. The average molecular weight is 334 g/mol. The number of anilines is 2. The van der Waals surface area contributed by atoms with Crippen molar-refractivity contribution in [3.05, 3.63) is 78.6 Å². The lowest BCUT2D eigenvalue weighted by molar-refractivity contribution is 0.509. The fraction of sp³-hybridized carbons (Fsp3) is 0. The number of para-hydroxylation sites is 1.